The summed E-state index contributed by atoms with van der Waals surface area (Å²) in [5, 5.41) is 0. The van der Waals surface area contributed by atoms with Crippen LogP contribution in [0.1, 0.15) is 11.8 Å². The van der Waals surface area contributed by atoms with Gasteiger partial charge < -0.3 is 0 Å². The highest BCUT2D eigenvalue weighted by atomic mass is 35.5. The number of hydrogen-bond acceptors (Lipinski definition) is 1. The zero-order chi connectivity index (χ0) is 12.3. The Labute approximate surface area is 109 Å². The molecule has 0 spiro atoms. The highest BCUT2D eigenvalue weighted by molar-refractivity contribution is 7.16. The van der Waals surface area contributed by atoms with Gasteiger partial charge in [-0.2, -0.15) is 0 Å². The number of thiophene rings is 1. The largest absolute Gasteiger partial charge is 0.207 e. The fourth-order valence-corrected chi connectivity index (χ4v) is 2.60. The van der Waals surface area contributed by atoms with Crippen LogP contribution in [-0.2, 0) is 0 Å². The lowest BCUT2D eigenvalue weighted by Crippen LogP contribution is -1.74. The van der Waals surface area contributed by atoms with Gasteiger partial charge in [0.25, 0.3) is 0 Å². The highest BCUT2D eigenvalue weighted by Gasteiger charge is 2.02. The molecule has 0 saturated heterocycles. The maximum absolute atomic E-state index is 12.8. The summed E-state index contributed by atoms with van der Waals surface area (Å²) < 4.78 is 12.8. The molecule has 0 aliphatic carbocycles. The van der Waals surface area contributed by atoms with Crippen molar-refractivity contribution in [1.82, 2.24) is 0 Å². The van der Waals surface area contributed by atoms with E-state index in [1.54, 1.807) is 23.5 Å². The Morgan fingerprint density at radius 3 is 2.59 bits per heavy atom. The van der Waals surface area contributed by atoms with Gasteiger partial charge in [0.05, 0.1) is 0 Å². The minimum absolute atomic E-state index is 0.205. The first-order chi connectivity index (χ1) is 8.19. The molecule has 0 nitrogen and oxygen atoms in total. The molecule has 1 aromatic carbocycles. The van der Waals surface area contributed by atoms with Gasteiger partial charge in [-0.05, 0) is 42.8 Å². The van der Waals surface area contributed by atoms with Crippen molar-refractivity contribution < 1.29 is 4.39 Å². The Morgan fingerprint density at radius 2 is 1.94 bits per heavy atom. The fourth-order valence-electron chi connectivity index (χ4n) is 1.48. The monoisotopic (exact) mass is 266 g/mol. The quantitative estimate of drug-likeness (QED) is 0.670. The van der Waals surface area contributed by atoms with E-state index in [1.165, 1.54) is 17.0 Å². The number of alkyl halides is 1. The minimum atomic E-state index is -0.205. The first-order valence-electron chi connectivity index (χ1n) is 5.28. The van der Waals surface area contributed by atoms with Crippen LogP contribution < -0.4 is 0 Å². The van der Waals surface area contributed by atoms with E-state index in [9.17, 15) is 4.39 Å². The third kappa shape index (κ3) is 3.18. The van der Waals surface area contributed by atoms with Crippen LogP contribution in [0.15, 0.2) is 42.0 Å². The maximum atomic E-state index is 12.8. The molecule has 2 aromatic rings. The zero-order valence-electron chi connectivity index (χ0n) is 9.41. The van der Waals surface area contributed by atoms with Crippen molar-refractivity contribution in [3.63, 3.8) is 0 Å². The summed E-state index contributed by atoms with van der Waals surface area (Å²) in [5.74, 6) is 0.340. The molecule has 1 heterocycles. The highest BCUT2D eigenvalue weighted by Crippen LogP contribution is 2.29. The van der Waals surface area contributed by atoms with E-state index >= 15 is 0 Å². The zero-order valence-corrected chi connectivity index (χ0v) is 11.0. The molecule has 0 aliphatic rings. The molecule has 0 saturated carbocycles. The summed E-state index contributed by atoms with van der Waals surface area (Å²) in [5.41, 5.74) is 2.18. The van der Waals surface area contributed by atoms with Crippen molar-refractivity contribution in [2.45, 2.75) is 6.92 Å². The normalized spacial score (nSPS) is 11.8. The van der Waals surface area contributed by atoms with Gasteiger partial charge in [0, 0.05) is 15.6 Å². The number of allylic oxidation sites excluding steroid dienone is 1. The summed E-state index contributed by atoms with van der Waals surface area (Å²) in [6.07, 6.45) is 2.07. The Hall–Kier alpha value is -1.12. The van der Waals surface area contributed by atoms with Crippen LogP contribution in [0.2, 0.25) is 0 Å². The molecule has 0 amide bonds. The van der Waals surface area contributed by atoms with Crippen molar-refractivity contribution in [1.29, 1.82) is 0 Å². The third-order valence-electron chi connectivity index (χ3n) is 2.35. The summed E-state index contributed by atoms with van der Waals surface area (Å²) in [6, 6.07) is 10.7. The number of hydrogen-bond donors (Lipinski definition) is 0. The molecule has 0 unspecified atom stereocenters. The molecule has 0 bridgehead atoms. The molecule has 0 N–H and O–H groups in total. The average molecular weight is 267 g/mol. The molecule has 0 fully saturated rings. The lowest BCUT2D eigenvalue weighted by molar-refractivity contribution is 0.628. The molecule has 88 valence electrons. The standard InChI is InChI=1S/C14H12ClFS/c1-10(9-15)8-13-6-7-14(17-13)11-2-4-12(16)5-3-11/h2-8H,9H2,1H3. The third-order valence-corrected chi connectivity index (χ3v) is 3.86. The van der Waals surface area contributed by atoms with E-state index in [0.29, 0.717) is 5.88 Å². The summed E-state index contributed by atoms with van der Waals surface area (Å²) in [7, 11) is 0. The van der Waals surface area contributed by atoms with Crippen LogP contribution in [0, 0.1) is 5.82 Å². The van der Waals surface area contributed by atoms with E-state index in [0.717, 1.165) is 16.0 Å². The second-order valence-electron chi connectivity index (χ2n) is 3.83. The Balaban J connectivity index is 2.27. The molecule has 0 atom stereocenters. The summed E-state index contributed by atoms with van der Waals surface area (Å²) in [6.45, 7) is 2.00. The van der Waals surface area contributed by atoms with Gasteiger partial charge in [0.2, 0.25) is 0 Å². The second-order valence-corrected chi connectivity index (χ2v) is 5.22. The van der Waals surface area contributed by atoms with Crippen LogP contribution in [0.5, 0.6) is 0 Å². The SMILES string of the molecule is CC(=Cc1ccc(-c2ccc(F)cc2)s1)CCl. The van der Waals surface area contributed by atoms with Gasteiger partial charge in [-0.15, -0.1) is 22.9 Å². The number of halogens is 2. The Kier molecular flexibility index (Phi) is 3.97. The van der Waals surface area contributed by atoms with Crippen molar-refractivity contribution in [2.75, 3.05) is 5.88 Å². The van der Waals surface area contributed by atoms with Crippen LogP contribution in [0.4, 0.5) is 4.39 Å². The summed E-state index contributed by atoms with van der Waals surface area (Å²) >= 11 is 7.42. The first kappa shape index (κ1) is 12.3. The van der Waals surface area contributed by atoms with E-state index in [1.807, 2.05) is 13.0 Å². The van der Waals surface area contributed by atoms with Crippen molar-refractivity contribution in [3.05, 3.63) is 52.7 Å². The van der Waals surface area contributed by atoms with E-state index < -0.39 is 0 Å². The lowest BCUT2D eigenvalue weighted by atomic mass is 10.2. The minimum Gasteiger partial charge on any atom is -0.207 e. The molecular formula is C14H12ClFS. The molecule has 2 rings (SSSR count). The number of rotatable bonds is 3. The van der Waals surface area contributed by atoms with Crippen molar-refractivity contribution in [3.8, 4) is 10.4 Å². The summed E-state index contributed by atoms with van der Waals surface area (Å²) in [4.78, 5) is 2.31. The predicted octanol–water partition coefficient (Wildman–Crippen LogP) is 5.20. The van der Waals surface area contributed by atoms with Crippen LogP contribution in [-0.4, -0.2) is 5.88 Å². The van der Waals surface area contributed by atoms with Crippen LogP contribution >= 0.6 is 22.9 Å². The molecule has 0 aliphatic heterocycles. The Bertz CT molecular complexity index is 525. The van der Waals surface area contributed by atoms with Gasteiger partial charge in [0.15, 0.2) is 0 Å². The van der Waals surface area contributed by atoms with Crippen molar-refractivity contribution in [2.24, 2.45) is 0 Å². The second kappa shape index (κ2) is 5.48. The predicted molar refractivity (Wildman–Crippen MR) is 74.1 cm³/mol. The van der Waals surface area contributed by atoms with Gasteiger partial charge in [-0.25, -0.2) is 4.39 Å². The average Bonchev–Trinajstić information content (AvgIpc) is 2.78. The van der Waals surface area contributed by atoms with Crippen molar-refractivity contribution >= 4 is 29.0 Å². The molecule has 17 heavy (non-hydrogen) atoms. The van der Waals surface area contributed by atoms with E-state index in [2.05, 4.69) is 12.1 Å². The van der Waals surface area contributed by atoms with Gasteiger partial charge >= 0.3 is 0 Å². The smallest absolute Gasteiger partial charge is 0.123 e. The molecular weight excluding hydrogens is 255 g/mol. The molecule has 1 aromatic heterocycles. The van der Waals surface area contributed by atoms with Gasteiger partial charge in [-0.1, -0.05) is 17.7 Å². The van der Waals surface area contributed by atoms with Crippen LogP contribution in [0.3, 0.4) is 0 Å². The van der Waals surface area contributed by atoms with Gasteiger partial charge in [0.1, 0.15) is 5.82 Å². The number of benzene rings is 1. The topological polar surface area (TPSA) is 0 Å². The molecule has 0 radical (unpaired) electrons. The molecule has 3 heteroatoms. The maximum Gasteiger partial charge on any atom is 0.123 e. The van der Waals surface area contributed by atoms with E-state index in [-0.39, 0.29) is 5.82 Å². The Morgan fingerprint density at radius 1 is 1.24 bits per heavy atom. The lowest BCUT2D eigenvalue weighted by Gasteiger charge is -1.96. The fraction of sp³-hybridized carbons (Fsp3) is 0.143. The van der Waals surface area contributed by atoms with Gasteiger partial charge in [-0.3, -0.25) is 0 Å². The van der Waals surface area contributed by atoms with E-state index in [4.69, 9.17) is 11.6 Å². The first-order valence-corrected chi connectivity index (χ1v) is 6.63. The van der Waals surface area contributed by atoms with Crippen LogP contribution in [0.25, 0.3) is 16.5 Å².